The van der Waals surface area contributed by atoms with Gasteiger partial charge in [0.15, 0.2) is 17.3 Å². The molecule has 0 radical (unpaired) electrons. The highest BCUT2D eigenvalue weighted by Gasteiger charge is 2.25. The van der Waals surface area contributed by atoms with E-state index >= 15 is 0 Å². The molecule has 1 unspecified atom stereocenters. The molecule has 0 amide bonds. The van der Waals surface area contributed by atoms with Crippen LogP contribution in [0, 0.1) is 10.1 Å². The summed E-state index contributed by atoms with van der Waals surface area (Å²) in [5.74, 6) is 1.77. The first-order valence-corrected chi connectivity index (χ1v) is 9.50. The number of hydrogen-bond donors (Lipinski definition) is 0. The number of fused-ring (bicyclic) bond motifs is 1. The van der Waals surface area contributed by atoms with Crippen LogP contribution in [0.2, 0.25) is 0 Å². The van der Waals surface area contributed by atoms with E-state index < -0.39 is 0 Å². The Morgan fingerprint density at radius 2 is 1.83 bits per heavy atom. The van der Waals surface area contributed by atoms with Crippen molar-refractivity contribution in [1.29, 1.82) is 0 Å². The Bertz CT molecular complexity index is 887. The first-order chi connectivity index (χ1) is 13.6. The van der Waals surface area contributed by atoms with Gasteiger partial charge >= 0.3 is 0 Å². The lowest BCUT2D eigenvalue weighted by atomic mass is 9.98. The van der Waals surface area contributed by atoms with Gasteiger partial charge in [0.1, 0.15) is 13.2 Å². The fourth-order valence-corrected chi connectivity index (χ4v) is 3.80. The maximum absolute atomic E-state index is 12.6. The highest BCUT2D eigenvalue weighted by Crippen LogP contribution is 2.32. The average Bonchev–Trinajstić information content (AvgIpc) is 3.21. The van der Waals surface area contributed by atoms with Crippen LogP contribution in [0.15, 0.2) is 42.5 Å². The van der Waals surface area contributed by atoms with Crippen LogP contribution in [0.4, 0.5) is 5.69 Å². The van der Waals surface area contributed by atoms with Crippen molar-refractivity contribution in [3.63, 3.8) is 0 Å². The quantitative estimate of drug-likeness (QED) is 0.402. The summed E-state index contributed by atoms with van der Waals surface area (Å²) in [5, 5.41) is 10.8. The Morgan fingerprint density at radius 3 is 2.55 bits per heavy atom. The number of non-ortho nitro benzene ring substituents is 1. The number of ketones is 1. The van der Waals surface area contributed by atoms with Crippen molar-refractivity contribution in [1.82, 2.24) is 4.90 Å². The molecule has 8 heteroatoms. The molecular formula is C21H23ClN2O5. The molecular weight excluding hydrogens is 396 g/mol. The first-order valence-electron chi connectivity index (χ1n) is 9.50. The van der Waals surface area contributed by atoms with E-state index in [1.54, 1.807) is 30.3 Å². The first kappa shape index (κ1) is 21.1. The van der Waals surface area contributed by atoms with Gasteiger partial charge in [0.2, 0.25) is 0 Å². The molecule has 154 valence electrons. The second kappa shape index (κ2) is 9.24. The van der Waals surface area contributed by atoms with E-state index in [1.165, 1.54) is 0 Å². The average molecular weight is 419 g/mol. The van der Waals surface area contributed by atoms with Crippen LogP contribution in [-0.4, -0.2) is 48.5 Å². The Labute approximate surface area is 175 Å². The summed E-state index contributed by atoms with van der Waals surface area (Å²) in [6.07, 6.45) is 1.45. The zero-order valence-electron chi connectivity index (χ0n) is 15.9. The number of ether oxygens (including phenoxy) is 2. The topological polar surface area (TPSA) is 81.9 Å². The van der Waals surface area contributed by atoms with Crippen LogP contribution in [-0.2, 0) is 0 Å². The summed E-state index contributed by atoms with van der Waals surface area (Å²) in [7, 11) is 0. The van der Waals surface area contributed by atoms with Crippen molar-refractivity contribution < 1.29 is 19.2 Å². The number of likely N-dealkylation sites (tertiary alicyclic amines) is 1. The Balaban J connectivity index is 0.00000240. The summed E-state index contributed by atoms with van der Waals surface area (Å²) < 4.78 is 11.0. The van der Waals surface area contributed by atoms with Gasteiger partial charge in [-0.2, -0.15) is 0 Å². The smallest absolute Gasteiger partial charge is 0.269 e. The maximum Gasteiger partial charge on any atom is 0.269 e. The number of nitrogens with zero attached hydrogens (tertiary/aromatic N) is 2. The minimum Gasteiger partial charge on any atom is -0.486 e. The molecule has 1 fully saturated rings. The zero-order chi connectivity index (χ0) is 19.5. The van der Waals surface area contributed by atoms with Crippen molar-refractivity contribution in [2.24, 2.45) is 0 Å². The highest BCUT2D eigenvalue weighted by atomic mass is 35.5. The van der Waals surface area contributed by atoms with Gasteiger partial charge in [0.05, 0.1) is 4.92 Å². The van der Waals surface area contributed by atoms with Gasteiger partial charge in [-0.1, -0.05) is 12.1 Å². The maximum atomic E-state index is 12.6. The molecule has 29 heavy (non-hydrogen) atoms. The van der Waals surface area contributed by atoms with Crippen LogP contribution in [0.5, 0.6) is 11.5 Å². The van der Waals surface area contributed by atoms with Gasteiger partial charge in [0.25, 0.3) is 5.69 Å². The van der Waals surface area contributed by atoms with Crippen LogP contribution in [0.25, 0.3) is 0 Å². The summed E-state index contributed by atoms with van der Waals surface area (Å²) in [6, 6.07) is 12.1. The highest BCUT2D eigenvalue weighted by molar-refractivity contribution is 5.96. The number of hydrogen-bond acceptors (Lipinski definition) is 6. The Kier molecular flexibility index (Phi) is 6.71. The van der Waals surface area contributed by atoms with E-state index in [-0.39, 0.29) is 28.8 Å². The summed E-state index contributed by atoms with van der Waals surface area (Å²) in [6.45, 7) is 3.53. The number of carbonyl (C=O) groups excluding carboxylic acids is 1. The molecule has 0 spiro atoms. The van der Waals surface area contributed by atoms with Crippen molar-refractivity contribution in [2.45, 2.75) is 18.8 Å². The van der Waals surface area contributed by atoms with E-state index in [4.69, 9.17) is 9.47 Å². The van der Waals surface area contributed by atoms with Crippen LogP contribution < -0.4 is 9.47 Å². The third-order valence-corrected chi connectivity index (χ3v) is 5.37. The van der Waals surface area contributed by atoms with E-state index in [2.05, 4.69) is 4.90 Å². The second-order valence-electron chi connectivity index (χ2n) is 7.17. The van der Waals surface area contributed by atoms with Crippen LogP contribution in [0.3, 0.4) is 0 Å². The van der Waals surface area contributed by atoms with Crippen molar-refractivity contribution >= 4 is 23.9 Å². The van der Waals surface area contributed by atoms with E-state index in [0.717, 1.165) is 25.1 Å². The minimum atomic E-state index is -0.381. The largest absolute Gasteiger partial charge is 0.486 e. The number of carbonyl (C=O) groups is 1. The number of Topliss-reactive ketones (excluding diaryl/α,β-unsaturated/α-hetero) is 1. The lowest BCUT2D eigenvalue weighted by molar-refractivity contribution is -0.384. The van der Waals surface area contributed by atoms with Crippen molar-refractivity contribution in [3.05, 3.63) is 63.7 Å². The molecule has 0 saturated carbocycles. The van der Waals surface area contributed by atoms with Crippen LogP contribution in [0.1, 0.15) is 34.7 Å². The fourth-order valence-electron chi connectivity index (χ4n) is 3.80. The summed E-state index contributed by atoms with van der Waals surface area (Å²) >= 11 is 0. The van der Waals surface area contributed by atoms with E-state index in [0.29, 0.717) is 49.2 Å². The molecule has 4 rings (SSSR count). The number of nitro benzene ring substituents is 1. The minimum absolute atomic E-state index is 0. The van der Waals surface area contributed by atoms with Gasteiger partial charge in [-0.05, 0) is 42.6 Å². The second-order valence-corrected chi connectivity index (χ2v) is 7.17. The molecule has 2 aromatic rings. The normalized spacial score (nSPS) is 18.1. The lowest BCUT2D eigenvalue weighted by Crippen LogP contribution is -2.23. The van der Waals surface area contributed by atoms with Gasteiger partial charge in [-0.3, -0.25) is 14.9 Å². The molecule has 2 aromatic carbocycles. The van der Waals surface area contributed by atoms with Gasteiger partial charge in [0, 0.05) is 37.2 Å². The molecule has 0 N–H and O–H groups in total. The number of nitro groups is 1. The van der Waals surface area contributed by atoms with Crippen molar-refractivity contribution in [2.75, 3.05) is 32.8 Å². The lowest BCUT2D eigenvalue weighted by Gasteiger charge is -2.19. The summed E-state index contributed by atoms with van der Waals surface area (Å²) in [5.41, 5.74) is 1.88. The SMILES string of the molecule is Cl.O=C(CCN1CCC(c2ccc([N+](=O)[O-])cc2)C1)c1ccc2c(c1)OCCO2. The molecule has 0 aromatic heterocycles. The predicted molar refractivity (Wildman–Crippen MR) is 111 cm³/mol. The zero-order valence-corrected chi connectivity index (χ0v) is 16.7. The van der Waals surface area contributed by atoms with Gasteiger partial charge in [-0.25, -0.2) is 0 Å². The monoisotopic (exact) mass is 418 g/mol. The predicted octanol–water partition coefficient (Wildman–Crippen LogP) is 3.85. The fraction of sp³-hybridized carbons (Fsp3) is 0.381. The Morgan fingerprint density at radius 1 is 1.10 bits per heavy atom. The van der Waals surface area contributed by atoms with Crippen LogP contribution >= 0.6 is 12.4 Å². The van der Waals surface area contributed by atoms with E-state index in [1.807, 2.05) is 12.1 Å². The van der Waals surface area contributed by atoms with E-state index in [9.17, 15) is 14.9 Å². The number of benzene rings is 2. The molecule has 0 aliphatic carbocycles. The molecule has 2 aliphatic rings. The molecule has 7 nitrogen and oxygen atoms in total. The van der Waals surface area contributed by atoms with Crippen molar-refractivity contribution in [3.8, 4) is 11.5 Å². The molecule has 1 saturated heterocycles. The van der Waals surface area contributed by atoms with Gasteiger partial charge in [-0.15, -0.1) is 12.4 Å². The molecule has 1 atom stereocenters. The van der Waals surface area contributed by atoms with Gasteiger partial charge < -0.3 is 14.4 Å². The third-order valence-electron chi connectivity index (χ3n) is 5.37. The number of halogens is 1. The Hall–Kier alpha value is -2.64. The molecule has 2 aliphatic heterocycles. The standard InChI is InChI=1S/C21H22N2O5.ClH/c24-19(16-3-6-20-21(13-16)28-12-11-27-20)8-10-22-9-7-17(14-22)15-1-4-18(5-2-15)23(25)26;/h1-6,13,17H,7-12,14H2;1H. The number of rotatable bonds is 6. The summed E-state index contributed by atoms with van der Waals surface area (Å²) in [4.78, 5) is 25.2. The molecule has 0 bridgehead atoms. The molecule has 2 heterocycles. The third kappa shape index (κ3) is 4.86.